The smallest absolute Gasteiger partial charge is 0.251 e. The number of sulfonamides is 1. The van der Waals surface area contributed by atoms with Gasteiger partial charge in [-0.3, -0.25) is 4.79 Å². The zero-order valence-electron chi connectivity index (χ0n) is 16.2. The van der Waals surface area contributed by atoms with Crippen molar-refractivity contribution in [3.8, 4) is 0 Å². The molecule has 8 heteroatoms. The fourth-order valence-electron chi connectivity index (χ4n) is 3.88. The third-order valence-corrected chi connectivity index (χ3v) is 7.02. The van der Waals surface area contributed by atoms with Crippen molar-refractivity contribution >= 4 is 15.9 Å². The van der Waals surface area contributed by atoms with Gasteiger partial charge >= 0.3 is 0 Å². The molecule has 156 valence electrons. The molecule has 0 aliphatic heterocycles. The van der Waals surface area contributed by atoms with Crippen LogP contribution in [0.1, 0.15) is 35.2 Å². The van der Waals surface area contributed by atoms with Gasteiger partial charge in [-0.1, -0.05) is 24.6 Å². The van der Waals surface area contributed by atoms with E-state index in [2.05, 4.69) is 10.0 Å². The first-order chi connectivity index (χ1) is 13.8. The molecule has 3 rings (SSSR count). The largest absolute Gasteiger partial charge is 0.392 e. The highest BCUT2D eigenvalue weighted by Crippen LogP contribution is 2.41. The molecule has 6 nitrogen and oxygen atoms in total. The van der Waals surface area contributed by atoms with E-state index >= 15 is 0 Å². The molecule has 3 N–H and O–H groups in total. The Labute approximate surface area is 170 Å². The van der Waals surface area contributed by atoms with Crippen LogP contribution >= 0.6 is 0 Å². The van der Waals surface area contributed by atoms with Crippen LogP contribution in [0.25, 0.3) is 0 Å². The van der Waals surface area contributed by atoms with Gasteiger partial charge in [-0.15, -0.1) is 0 Å². The number of amides is 1. The van der Waals surface area contributed by atoms with Crippen LogP contribution in [-0.4, -0.2) is 39.1 Å². The Morgan fingerprint density at radius 1 is 1.24 bits per heavy atom. The molecule has 1 aliphatic rings. The Morgan fingerprint density at radius 3 is 2.59 bits per heavy atom. The van der Waals surface area contributed by atoms with E-state index < -0.39 is 27.4 Å². The van der Waals surface area contributed by atoms with E-state index in [1.54, 1.807) is 18.2 Å². The quantitative estimate of drug-likeness (QED) is 0.640. The maximum absolute atomic E-state index is 13.2. The van der Waals surface area contributed by atoms with Gasteiger partial charge in [0.1, 0.15) is 5.82 Å². The number of aliphatic hydroxyl groups is 1. The van der Waals surface area contributed by atoms with E-state index in [4.69, 9.17) is 0 Å². The number of halogens is 1. The molecule has 0 saturated heterocycles. The van der Waals surface area contributed by atoms with Crippen molar-refractivity contribution in [1.29, 1.82) is 0 Å². The van der Waals surface area contributed by atoms with Gasteiger partial charge in [0.05, 0.1) is 11.0 Å². The highest BCUT2D eigenvalue weighted by molar-refractivity contribution is 7.89. The van der Waals surface area contributed by atoms with Crippen LogP contribution in [0, 0.1) is 11.2 Å². The first-order valence-electron chi connectivity index (χ1n) is 9.50. The fraction of sp³-hybridized carbons (Fsp3) is 0.381. The number of carbonyl (C=O) groups is 1. The van der Waals surface area contributed by atoms with Crippen molar-refractivity contribution in [2.45, 2.75) is 36.7 Å². The lowest BCUT2D eigenvalue weighted by molar-refractivity contribution is 0.0500. The van der Waals surface area contributed by atoms with Crippen molar-refractivity contribution in [1.82, 2.24) is 10.0 Å². The third-order valence-electron chi connectivity index (χ3n) is 5.60. The minimum absolute atomic E-state index is 0.00887. The lowest BCUT2D eigenvalue weighted by Crippen LogP contribution is -2.44. The Balaban J connectivity index is 1.75. The first-order valence-corrected chi connectivity index (χ1v) is 11.0. The predicted molar refractivity (Wildman–Crippen MR) is 107 cm³/mol. The van der Waals surface area contributed by atoms with Gasteiger partial charge in [0.2, 0.25) is 10.0 Å². The Hall–Kier alpha value is -2.29. The van der Waals surface area contributed by atoms with Crippen LogP contribution in [-0.2, 0) is 16.4 Å². The molecule has 0 radical (unpaired) electrons. The van der Waals surface area contributed by atoms with Gasteiger partial charge in [-0.2, -0.15) is 0 Å². The van der Waals surface area contributed by atoms with Gasteiger partial charge in [-0.25, -0.2) is 17.5 Å². The number of nitrogens with one attached hydrogen (secondary N) is 2. The van der Waals surface area contributed by atoms with Gasteiger partial charge in [0.15, 0.2) is 0 Å². The van der Waals surface area contributed by atoms with Crippen LogP contribution in [0.3, 0.4) is 0 Å². The second-order valence-electron chi connectivity index (χ2n) is 7.49. The van der Waals surface area contributed by atoms with Crippen molar-refractivity contribution in [3.63, 3.8) is 0 Å². The summed E-state index contributed by atoms with van der Waals surface area (Å²) in [6.07, 6.45) is 2.16. The standard InChI is InChI=1S/C21H25FN2O4S/c1-23-29(27,28)18-5-2-4-16(12-18)20(26)24-14-21(11-3-6-19(21)25)13-15-7-9-17(22)10-8-15/h2,4-5,7-10,12,19,23,25H,3,6,11,13-14H2,1H3,(H,24,26)/t19-,21+/m0/s1. The zero-order chi connectivity index (χ0) is 21.1. The molecule has 0 spiro atoms. The van der Waals surface area contributed by atoms with Crippen LogP contribution in [0.4, 0.5) is 4.39 Å². The molecular formula is C21H25FN2O4S. The second-order valence-corrected chi connectivity index (χ2v) is 9.38. The molecule has 2 atom stereocenters. The Bertz CT molecular complexity index is 978. The van der Waals surface area contributed by atoms with E-state index in [0.717, 1.165) is 18.4 Å². The second kappa shape index (κ2) is 8.61. The summed E-state index contributed by atoms with van der Waals surface area (Å²) < 4.78 is 39.3. The molecule has 0 unspecified atom stereocenters. The number of benzene rings is 2. The third kappa shape index (κ3) is 4.83. The Morgan fingerprint density at radius 2 is 1.97 bits per heavy atom. The minimum atomic E-state index is -3.65. The van der Waals surface area contributed by atoms with Crippen LogP contribution in [0.2, 0.25) is 0 Å². The van der Waals surface area contributed by atoms with Crippen LogP contribution < -0.4 is 10.0 Å². The number of hydrogen-bond acceptors (Lipinski definition) is 4. The van der Waals surface area contributed by atoms with E-state index in [1.165, 1.54) is 37.4 Å². The van der Waals surface area contributed by atoms with E-state index in [9.17, 15) is 22.7 Å². The van der Waals surface area contributed by atoms with Crippen molar-refractivity contribution in [3.05, 3.63) is 65.5 Å². The topological polar surface area (TPSA) is 95.5 Å². The lowest BCUT2D eigenvalue weighted by Gasteiger charge is -2.33. The summed E-state index contributed by atoms with van der Waals surface area (Å²) in [5, 5.41) is 13.5. The molecule has 1 amide bonds. The summed E-state index contributed by atoms with van der Waals surface area (Å²) >= 11 is 0. The molecule has 2 aromatic rings. The zero-order valence-corrected chi connectivity index (χ0v) is 17.0. The normalized spacial score (nSPS) is 21.8. The van der Waals surface area contributed by atoms with Crippen molar-refractivity contribution < 1.29 is 22.7 Å². The highest BCUT2D eigenvalue weighted by Gasteiger charge is 2.42. The number of rotatable bonds is 7. The Kier molecular flexibility index (Phi) is 6.36. The maximum Gasteiger partial charge on any atom is 0.251 e. The van der Waals surface area contributed by atoms with Crippen LogP contribution in [0.15, 0.2) is 53.4 Å². The average molecular weight is 421 g/mol. The summed E-state index contributed by atoms with van der Waals surface area (Å²) in [4.78, 5) is 12.7. The molecule has 0 aromatic heterocycles. The predicted octanol–water partition coefficient (Wildman–Crippen LogP) is 2.24. The molecule has 1 aliphatic carbocycles. The molecule has 2 aromatic carbocycles. The summed E-state index contributed by atoms with van der Waals surface area (Å²) in [7, 11) is -2.34. The summed E-state index contributed by atoms with van der Waals surface area (Å²) in [6, 6.07) is 11.9. The van der Waals surface area contributed by atoms with E-state index in [0.29, 0.717) is 12.8 Å². The average Bonchev–Trinajstić information content (AvgIpc) is 3.08. The molecular weight excluding hydrogens is 395 g/mol. The molecule has 1 saturated carbocycles. The highest BCUT2D eigenvalue weighted by atomic mass is 32.2. The summed E-state index contributed by atoms with van der Waals surface area (Å²) in [5.41, 5.74) is 0.580. The number of carbonyl (C=O) groups excluding carboxylic acids is 1. The molecule has 0 heterocycles. The summed E-state index contributed by atoms with van der Waals surface area (Å²) in [6.45, 7) is 0.243. The van der Waals surface area contributed by atoms with Crippen molar-refractivity contribution in [2.75, 3.05) is 13.6 Å². The first kappa shape index (κ1) is 21.4. The van der Waals surface area contributed by atoms with E-state index in [1.807, 2.05) is 0 Å². The maximum atomic E-state index is 13.2. The van der Waals surface area contributed by atoms with Crippen molar-refractivity contribution in [2.24, 2.45) is 5.41 Å². The number of aliphatic hydroxyl groups excluding tert-OH is 1. The summed E-state index contributed by atoms with van der Waals surface area (Å²) in [5.74, 6) is -0.727. The van der Waals surface area contributed by atoms with Gasteiger partial charge < -0.3 is 10.4 Å². The van der Waals surface area contributed by atoms with E-state index in [-0.39, 0.29) is 22.8 Å². The molecule has 1 fully saturated rings. The monoisotopic (exact) mass is 420 g/mol. The molecule has 0 bridgehead atoms. The molecule has 29 heavy (non-hydrogen) atoms. The van der Waals surface area contributed by atoms with Gasteiger partial charge in [0.25, 0.3) is 5.91 Å². The SMILES string of the molecule is CNS(=O)(=O)c1cccc(C(=O)NC[C@]2(Cc3ccc(F)cc3)CCC[C@@H]2O)c1. The van der Waals surface area contributed by atoms with Gasteiger partial charge in [0, 0.05) is 17.5 Å². The fourth-order valence-corrected chi connectivity index (χ4v) is 4.66. The van der Waals surface area contributed by atoms with Gasteiger partial charge in [-0.05, 0) is 62.2 Å². The minimum Gasteiger partial charge on any atom is -0.392 e. The van der Waals surface area contributed by atoms with Crippen LogP contribution in [0.5, 0.6) is 0 Å². The number of hydrogen-bond donors (Lipinski definition) is 3. The lowest BCUT2D eigenvalue weighted by atomic mass is 9.78.